The third kappa shape index (κ3) is 6.11. The maximum absolute atomic E-state index is 13.2. The van der Waals surface area contributed by atoms with Crippen LogP contribution in [0.25, 0.3) is 0 Å². The van der Waals surface area contributed by atoms with Gasteiger partial charge in [-0.3, -0.25) is 9.59 Å². The largest absolute Gasteiger partial charge is 0.417 e. The van der Waals surface area contributed by atoms with E-state index in [2.05, 4.69) is 10.0 Å². The van der Waals surface area contributed by atoms with Gasteiger partial charge in [0.1, 0.15) is 0 Å². The molecule has 1 atom stereocenters. The van der Waals surface area contributed by atoms with Crippen molar-refractivity contribution in [3.63, 3.8) is 0 Å². The van der Waals surface area contributed by atoms with E-state index in [0.717, 1.165) is 12.1 Å². The van der Waals surface area contributed by atoms with Crippen LogP contribution in [-0.2, 0) is 25.8 Å². The minimum atomic E-state index is -4.86. The number of nitrogens with one attached hydrogen (secondary N) is 2. The lowest BCUT2D eigenvalue weighted by molar-refractivity contribution is -0.139. The summed E-state index contributed by atoms with van der Waals surface area (Å²) in [5, 5.41) is 2.82. The summed E-state index contributed by atoms with van der Waals surface area (Å²) in [6.45, 7) is 1.75. The molecular formula is C22H24F3N3O4S. The Labute approximate surface area is 190 Å². The lowest BCUT2D eigenvalue weighted by atomic mass is 9.95. The zero-order valence-electron chi connectivity index (χ0n) is 17.8. The summed E-state index contributed by atoms with van der Waals surface area (Å²) in [5.41, 5.74) is -0.634. The first kappa shape index (κ1) is 24.7. The Morgan fingerprint density at radius 2 is 1.58 bits per heavy atom. The summed E-state index contributed by atoms with van der Waals surface area (Å²) in [6.07, 6.45) is -4.08. The van der Waals surface area contributed by atoms with E-state index in [1.54, 1.807) is 24.3 Å². The Morgan fingerprint density at radius 1 is 1.00 bits per heavy atom. The number of hydrogen-bond donors (Lipinski definition) is 2. The first-order chi connectivity index (χ1) is 15.5. The van der Waals surface area contributed by atoms with Gasteiger partial charge in [0, 0.05) is 24.7 Å². The normalized spacial score (nSPS) is 16.3. The number of hydrogen-bond acceptors (Lipinski definition) is 4. The van der Waals surface area contributed by atoms with Gasteiger partial charge in [0.05, 0.1) is 16.5 Å². The molecule has 178 valence electrons. The molecule has 1 heterocycles. The van der Waals surface area contributed by atoms with Crippen molar-refractivity contribution >= 4 is 27.5 Å². The average molecular weight is 484 g/mol. The van der Waals surface area contributed by atoms with Gasteiger partial charge in [-0.25, -0.2) is 8.42 Å². The van der Waals surface area contributed by atoms with Gasteiger partial charge in [-0.05, 0) is 44.0 Å². The quantitative estimate of drug-likeness (QED) is 0.660. The van der Waals surface area contributed by atoms with Crippen LogP contribution in [0.5, 0.6) is 0 Å². The second-order valence-electron chi connectivity index (χ2n) is 7.79. The standard InChI is InChI=1S/C22H24F3N3O4S/c1-15(27-33(31,32)19-10-6-5-9-18(19)22(23,24)25)21(30)28-13-11-16(12-14-28)20(29)26-17-7-3-2-4-8-17/h2-10,15-16,27H,11-14H2,1H3,(H,26,29)/t15-/m0/s1. The highest BCUT2D eigenvalue weighted by Gasteiger charge is 2.38. The summed E-state index contributed by atoms with van der Waals surface area (Å²) in [5.74, 6) is -1.03. The molecule has 33 heavy (non-hydrogen) atoms. The number of halogens is 3. The molecule has 0 saturated carbocycles. The molecule has 0 aliphatic carbocycles. The second kappa shape index (κ2) is 9.92. The smallest absolute Gasteiger partial charge is 0.341 e. The van der Waals surface area contributed by atoms with E-state index in [4.69, 9.17) is 0 Å². The summed E-state index contributed by atoms with van der Waals surface area (Å²) >= 11 is 0. The average Bonchev–Trinajstić information content (AvgIpc) is 2.78. The van der Waals surface area contributed by atoms with Crippen molar-refractivity contribution in [2.24, 2.45) is 5.92 Å². The fourth-order valence-corrected chi connectivity index (χ4v) is 5.11. The fourth-order valence-electron chi connectivity index (χ4n) is 3.68. The minimum Gasteiger partial charge on any atom is -0.341 e. The van der Waals surface area contributed by atoms with Crippen molar-refractivity contribution in [1.82, 2.24) is 9.62 Å². The molecule has 0 aromatic heterocycles. The number of rotatable bonds is 6. The van der Waals surface area contributed by atoms with Crippen molar-refractivity contribution in [1.29, 1.82) is 0 Å². The van der Waals surface area contributed by atoms with Crippen LogP contribution in [0.3, 0.4) is 0 Å². The van der Waals surface area contributed by atoms with E-state index in [9.17, 15) is 31.2 Å². The molecule has 11 heteroatoms. The summed E-state index contributed by atoms with van der Waals surface area (Å²) in [6, 6.07) is 11.5. The van der Waals surface area contributed by atoms with E-state index in [1.165, 1.54) is 17.9 Å². The van der Waals surface area contributed by atoms with Gasteiger partial charge in [-0.1, -0.05) is 30.3 Å². The number of benzene rings is 2. The lowest BCUT2D eigenvalue weighted by Crippen LogP contribution is -2.50. The van der Waals surface area contributed by atoms with Gasteiger partial charge in [0.2, 0.25) is 21.8 Å². The predicted molar refractivity (Wildman–Crippen MR) is 116 cm³/mol. The third-order valence-corrected chi connectivity index (χ3v) is 7.00. The Morgan fingerprint density at radius 3 is 2.18 bits per heavy atom. The van der Waals surface area contributed by atoms with Gasteiger partial charge in [0.15, 0.2) is 0 Å². The summed E-state index contributed by atoms with van der Waals surface area (Å²) < 4.78 is 66.8. The fraction of sp³-hybridized carbons (Fsp3) is 0.364. The highest BCUT2D eigenvalue weighted by molar-refractivity contribution is 7.89. The number of carbonyl (C=O) groups is 2. The molecule has 2 amide bonds. The molecule has 1 fully saturated rings. The van der Waals surface area contributed by atoms with Gasteiger partial charge < -0.3 is 10.2 Å². The number of para-hydroxylation sites is 1. The third-order valence-electron chi connectivity index (χ3n) is 5.40. The monoisotopic (exact) mass is 483 g/mol. The van der Waals surface area contributed by atoms with Crippen molar-refractivity contribution in [2.45, 2.75) is 36.9 Å². The predicted octanol–water partition coefficient (Wildman–Crippen LogP) is 3.25. The van der Waals surface area contributed by atoms with E-state index >= 15 is 0 Å². The Kier molecular flexibility index (Phi) is 7.43. The van der Waals surface area contributed by atoms with Crippen LogP contribution >= 0.6 is 0 Å². The first-order valence-corrected chi connectivity index (χ1v) is 11.8. The molecule has 1 aliphatic heterocycles. The van der Waals surface area contributed by atoms with Gasteiger partial charge in [0.25, 0.3) is 0 Å². The number of nitrogens with zero attached hydrogens (tertiary/aromatic N) is 1. The van der Waals surface area contributed by atoms with Crippen LogP contribution in [0.15, 0.2) is 59.5 Å². The van der Waals surface area contributed by atoms with E-state index < -0.39 is 38.6 Å². The second-order valence-corrected chi connectivity index (χ2v) is 9.47. The molecule has 1 saturated heterocycles. The van der Waals surface area contributed by atoms with Crippen LogP contribution in [0.2, 0.25) is 0 Å². The first-order valence-electron chi connectivity index (χ1n) is 10.3. The van der Waals surface area contributed by atoms with Crippen molar-refractivity contribution in [3.8, 4) is 0 Å². The number of anilines is 1. The number of likely N-dealkylation sites (tertiary alicyclic amines) is 1. The Hall–Kier alpha value is -2.92. The molecule has 0 bridgehead atoms. The highest BCUT2D eigenvalue weighted by atomic mass is 32.2. The Bertz CT molecular complexity index is 1100. The molecule has 0 unspecified atom stereocenters. The van der Waals surface area contributed by atoms with Crippen LogP contribution in [0.1, 0.15) is 25.3 Å². The Balaban J connectivity index is 1.60. The summed E-state index contributed by atoms with van der Waals surface area (Å²) in [4.78, 5) is 25.6. The number of carbonyl (C=O) groups excluding carboxylic acids is 2. The van der Waals surface area contributed by atoms with Crippen molar-refractivity contribution in [3.05, 3.63) is 60.2 Å². The zero-order chi connectivity index (χ0) is 24.2. The molecule has 0 radical (unpaired) electrons. The molecule has 2 N–H and O–H groups in total. The number of amides is 2. The van der Waals surface area contributed by atoms with E-state index in [0.29, 0.717) is 24.6 Å². The molecular weight excluding hydrogens is 459 g/mol. The number of piperidine rings is 1. The molecule has 0 spiro atoms. The zero-order valence-corrected chi connectivity index (χ0v) is 18.6. The van der Waals surface area contributed by atoms with Gasteiger partial charge in [-0.2, -0.15) is 17.9 Å². The number of alkyl halides is 3. The van der Waals surface area contributed by atoms with Crippen LogP contribution in [-0.4, -0.2) is 44.3 Å². The molecule has 3 rings (SSSR count). The van der Waals surface area contributed by atoms with Crippen LogP contribution in [0, 0.1) is 5.92 Å². The molecule has 2 aromatic carbocycles. The minimum absolute atomic E-state index is 0.161. The molecule has 2 aromatic rings. The van der Waals surface area contributed by atoms with E-state index in [1.807, 2.05) is 6.07 Å². The van der Waals surface area contributed by atoms with Crippen LogP contribution in [0.4, 0.5) is 18.9 Å². The molecule has 7 nitrogen and oxygen atoms in total. The summed E-state index contributed by atoms with van der Waals surface area (Å²) in [7, 11) is -4.60. The highest BCUT2D eigenvalue weighted by Crippen LogP contribution is 2.34. The van der Waals surface area contributed by atoms with Crippen molar-refractivity contribution in [2.75, 3.05) is 18.4 Å². The number of sulfonamides is 1. The van der Waals surface area contributed by atoms with Crippen LogP contribution < -0.4 is 10.0 Å². The maximum atomic E-state index is 13.2. The van der Waals surface area contributed by atoms with Gasteiger partial charge in [-0.15, -0.1) is 0 Å². The maximum Gasteiger partial charge on any atom is 0.417 e. The topological polar surface area (TPSA) is 95.6 Å². The molecule has 1 aliphatic rings. The lowest BCUT2D eigenvalue weighted by Gasteiger charge is -2.33. The van der Waals surface area contributed by atoms with E-state index in [-0.39, 0.29) is 24.9 Å². The van der Waals surface area contributed by atoms with Crippen molar-refractivity contribution < 1.29 is 31.2 Å². The SMILES string of the molecule is C[C@H](NS(=O)(=O)c1ccccc1C(F)(F)F)C(=O)N1CCC(C(=O)Nc2ccccc2)CC1. The van der Waals surface area contributed by atoms with Gasteiger partial charge >= 0.3 is 6.18 Å².